The molecule has 0 unspecified atom stereocenters. The molecular formula is C23H17NO4. The average Bonchev–Trinajstić information content (AvgIpc) is 2.73. The van der Waals surface area contributed by atoms with Crippen molar-refractivity contribution < 1.29 is 19.1 Å². The zero-order chi connectivity index (χ0) is 19.5. The van der Waals surface area contributed by atoms with Crippen molar-refractivity contribution >= 4 is 33.5 Å². The lowest BCUT2D eigenvalue weighted by atomic mass is 10.1. The van der Waals surface area contributed by atoms with Gasteiger partial charge < -0.3 is 15.2 Å². The van der Waals surface area contributed by atoms with Gasteiger partial charge in [0.1, 0.15) is 11.5 Å². The van der Waals surface area contributed by atoms with Gasteiger partial charge in [-0.3, -0.25) is 0 Å². The Bertz CT molecular complexity index is 1090. The van der Waals surface area contributed by atoms with Gasteiger partial charge in [-0.25, -0.2) is 9.59 Å². The summed E-state index contributed by atoms with van der Waals surface area (Å²) in [5.41, 5.74) is 5.73. The Kier molecular flexibility index (Phi) is 4.74. The van der Waals surface area contributed by atoms with Crippen LogP contribution in [-0.4, -0.2) is 18.0 Å². The van der Waals surface area contributed by atoms with Gasteiger partial charge >= 0.3 is 11.9 Å². The van der Waals surface area contributed by atoms with Gasteiger partial charge in [-0.2, -0.15) is 0 Å². The Labute approximate surface area is 161 Å². The SMILES string of the molecule is NC(C(=O)Oc1ccc2ccccc2c1)C(=O)Oc1ccc2ccccc2c1. The van der Waals surface area contributed by atoms with Crippen molar-refractivity contribution in [3.63, 3.8) is 0 Å². The van der Waals surface area contributed by atoms with E-state index in [1.54, 1.807) is 24.3 Å². The van der Waals surface area contributed by atoms with Crippen LogP contribution in [-0.2, 0) is 9.59 Å². The van der Waals surface area contributed by atoms with Gasteiger partial charge in [0, 0.05) is 0 Å². The highest BCUT2D eigenvalue weighted by atomic mass is 16.6. The maximum atomic E-state index is 12.2. The second kappa shape index (κ2) is 7.50. The summed E-state index contributed by atoms with van der Waals surface area (Å²) >= 11 is 0. The lowest BCUT2D eigenvalue weighted by molar-refractivity contribution is -0.146. The van der Waals surface area contributed by atoms with E-state index in [1.807, 2.05) is 60.7 Å². The van der Waals surface area contributed by atoms with Crippen molar-refractivity contribution in [1.29, 1.82) is 0 Å². The van der Waals surface area contributed by atoms with Crippen LogP contribution in [0.15, 0.2) is 84.9 Å². The summed E-state index contributed by atoms with van der Waals surface area (Å²) in [7, 11) is 0. The molecule has 0 bridgehead atoms. The lowest BCUT2D eigenvalue weighted by Gasteiger charge is -2.12. The number of hydrogen-bond donors (Lipinski definition) is 1. The summed E-state index contributed by atoms with van der Waals surface area (Å²) < 4.78 is 10.5. The molecule has 0 aliphatic rings. The molecular weight excluding hydrogens is 354 g/mol. The van der Waals surface area contributed by atoms with E-state index < -0.39 is 18.0 Å². The topological polar surface area (TPSA) is 78.6 Å². The average molecular weight is 371 g/mol. The smallest absolute Gasteiger partial charge is 0.340 e. The van der Waals surface area contributed by atoms with Crippen molar-refractivity contribution in [2.24, 2.45) is 5.73 Å². The number of nitrogens with two attached hydrogens (primary N) is 1. The van der Waals surface area contributed by atoms with Crippen LogP contribution in [0.3, 0.4) is 0 Å². The molecule has 0 radical (unpaired) electrons. The molecule has 28 heavy (non-hydrogen) atoms. The summed E-state index contributed by atoms with van der Waals surface area (Å²) in [4.78, 5) is 24.5. The van der Waals surface area contributed by atoms with Crippen LogP contribution >= 0.6 is 0 Å². The number of carbonyl (C=O) groups excluding carboxylic acids is 2. The molecule has 0 spiro atoms. The first-order valence-corrected chi connectivity index (χ1v) is 8.77. The summed E-state index contributed by atoms with van der Waals surface area (Å²) in [6.07, 6.45) is 0. The van der Waals surface area contributed by atoms with E-state index in [0.717, 1.165) is 21.5 Å². The van der Waals surface area contributed by atoms with Crippen LogP contribution in [0.25, 0.3) is 21.5 Å². The molecule has 5 heteroatoms. The van der Waals surface area contributed by atoms with Gasteiger partial charge in [0.05, 0.1) is 0 Å². The Morgan fingerprint density at radius 3 is 1.43 bits per heavy atom. The molecule has 0 aromatic heterocycles. The van der Waals surface area contributed by atoms with Crippen LogP contribution in [0.4, 0.5) is 0 Å². The van der Waals surface area contributed by atoms with Crippen molar-refractivity contribution in [1.82, 2.24) is 0 Å². The van der Waals surface area contributed by atoms with E-state index in [4.69, 9.17) is 15.2 Å². The molecule has 5 nitrogen and oxygen atoms in total. The van der Waals surface area contributed by atoms with Gasteiger partial charge in [-0.05, 0) is 45.8 Å². The highest BCUT2D eigenvalue weighted by molar-refractivity contribution is 6.01. The number of benzene rings is 4. The van der Waals surface area contributed by atoms with Gasteiger partial charge in [0.25, 0.3) is 0 Å². The quantitative estimate of drug-likeness (QED) is 0.335. The van der Waals surface area contributed by atoms with Crippen LogP contribution in [0.1, 0.15) is 0 Å². The summed E-state index contributed by atoms with van der Waals surface area (Å²) in [5.74, 6) is -1.11. The molecule has 138 valence electrons. The maximum Gasteiger partial charge on any atom is 0.340 e. The van der Waals surface area contributed by atoms with E-state index in [9.17, 15) is 9.59 Å². The van der Waals surface area contributed by atoms with Crippen LogP contribution < -0.4 is 15.2 Å². The second-order valence-corrected chi connectivity index (χ2v) is 6.34. The monoisotopic (exact) mass is 371 g/mol. The van der Waals surface area contributed by atoms with E-state index in [2.05, 4.69) is 0 Å². The summed E-state index contributed by atoms with van der Waals surface area (Å²) in [6, 6.07) is 24.2. The standard InChI is InChI=1S/C23H17NO4/c24-21(22(25)27-19-11-9-15-5-1-3-7-17(15)13-19)23(26)28-20-12-10-16-6-2-4-8-18(16)14-20/h1-14,21H,24H2. The molecule has 0 fully saturated rings. The Balaban J connectivity index is 1.45. The molecule has 0 amide bonds. The molecule has 0 atom stereocenters. The first-order valence-electron chi connectivity index (χ1n) is 8.77. The Hall–Kier alpha value is -3.70. The van der Waals surface area contributed by atoms with E-state index in [-0.39, 0.29) is 0 Å². The summed E-state index contributed by atoms with van der Waals surface area (Å²) in [6.45, 7) is 0. The van der Waals surface area contributed by atoms with Crippen LogP contribution in [0, 0.1) is 0 Å². The maximum absolute atomic E-state index is 12.2. The predicted octanol–water partition coefficient (Wildman–Crippen LogP) is 3.83. The fraction of sp³-hybridized carbons (Fsp3) is 0.0435. The minimum atomic E-state index is -1.54. The van der Waals surface area contributed by atoms with E-state index in [1.165, 1.54) is 0 Å². The van der Waals surface area contributed by atoms with Gasteiger partial charge in [-0.15, -0.1) is 0 Å². The Morgan fingerprint density at radius 2 is 1.00 bits per heavy atom. The zero-order valence-corrected chi connectivity index (χ0v) is 14.9. The fourth-order valence-electron chi connectivity index (χ4n) is 2.92. The first-order chi connectivity index (χ1) is 13.6. The molecule has 0 aliphatic carbocycles. The van der Waals surface area contributed by atoms with Crippen LogP contribution in [0.5, 0.6) is 11.5 Å². The molecule has 4 rings (SSSR count). The third-order valence-corrected chi connectivity index (χ3v) is 4.39. The number of carbonyl (C=O) groups is 2. The van der Waals surface area contributed by atoms with Crippen molar-refractivity contribution in [3.8, 4) is 11.5 Å². The molecule has 0 saturated heterocycles. The van der Waals surface area contributed by atoms with E-state index >= 15 is 0 Å². The molecule has 2 N–H and O–H groups in total. The molecule has 4 aromatic rings. The minimum Gasteiger partial charge on any atom is -0.425 e. The van der Waals surface area contributed by atoms with Crippen molar-refractivity contribution in [2.45, 2.75) is 6.04 Å². The molecule has 0 aliphatic heterocycles. The molecule has 0 heterocycles. The minimum absolute atomic E-state index is 0.317. The molecule has 0 saturated carbocycles. The second-order valence-electron chi connectivity index (χ2n) is 6.34. The van der Waals surface area contributed by atoms with Crippen molar-refractivity contribution in [2.75, 3.05) is 0 Å². The Morgan fingerprint density at radius 1 is 0.607 bits per heavy atom. The van der Waals surface area contributed by atoms with E-state index in [0.29, 0.717) is 11.5 Å². The van der Waals surface area contributed by atoms with Gasteiger partial charge in [-0.1, -0.05) is 60.7 Å². The third-order valence-electron chi connectivity index (χ3n) is 4.39. The van der Waals surface area contributed by atoms with Crippen LogP contribution in [0.2, 0.25) is 0 Å². The number of hydrogen-bond acceptors (Lipinski definition) is 5. The fourth-order valence-corrected chi connectivity index (χ4v) is 2.92. The largest absolute Gasteiger partial charge is 0.425 e. The highest BCUT2D eigenvalue weighted by Gasteiger charge is 2.26. The van der Waals surface area contributed by atoms with Gasteiger partial charge in [0.2, 0.25) is 6.04 Å². The highest BCUT2D eigenvalue weighted by Crippen LogP contribution is 2.22. The predicted molar refractivity (Wildman–Crippen MR) is 107 cm³/mol. The lowest BCUT2D eigenvalue weighted by Crippen LogP contribution is -2.43. The van der Waals surface area contributed by atoms with Gasteiger partial charge in [0.15, 0.2) is 0 Å². The molecule has 4 aromatic carbocycles. The number of fused-ring (bicyclic) bond motifs is 2. The number of esters is 2. The third kappa shape index (κ3) is 3.70. The summed E-state index contributed by atoms with van der Waals surface area (Å²) in [5, 5.41) is 3.87. The van der Waals surface area contributed by atoms with Crippen molar-refractivity contribution in [3.05, 3.63) is 84.9 Å². The normalized spacial score (nSPS) is 10.9. The number of ether oxygens (including phenoxy) is 2. The number of rotatable bonds is 4. The zero-order valence-electron chi connectivity index (χ0n) is 14.9. The first kappa shape index (κ1) is 17.7.